The van der Waals surface area contributed by atoms with Gasteiger partial charge in [-0.05, 0) is 34.1 Å². The van der Waals surface area contributed by atoms with Crippen LogP contribution in [0.15, 0.2) is 6.33 Å². The molecule has 2 unspecified atom stereocenters. The van der Waals surface area contributed by atoms with Crippen LogP contribution >= 0.6 is 0 Å². The van der Waals surface area contributed by atoms with Crippen molar-refractivity contribution in [3.05, 3.63) is 17.8 Å². The Morgan fingerprint density at radius 3 is 2.76 bits per heavy atom. The van der Waals surface area contributed by atoms with E-state index in [1.54, 1.807) is 6.33 Å². The minimum absolute atomic E-state index is 0. The van der Waals surface area contributed by atoms with Gasteiger partial charge in [0.1, 0.15) is 17.6 Å². The fourth-order valence-electron chi connectivity index (χ4n) is 2.60. The molecule has 0 aromatic carbocycles. The summed E-state index contributed by atoms with van der Waals surface area (Å²) in [5.41, 5.74) is 2.58. The molecule has 1 aliphatic heterocycles. The molecule has 1 aliphatic rings. The van der Waals surface area contributed by atoms with Crippen molar-refractivity contribution >= 4 is 11.2 Å². The maximum absolute atomic E-state index is 5.94. The molecule has 2 aromatic rings. The van der Waals surface area contributed by atoms with Crippen LogP contribution in [0.3, 0.4) is 0 Å². The number of ether oxygens (including phenoxy) is 2. The molecule has 3 rings (SSSR count). The Labute approximate surface area is 123 Å². The third kappa shape index (κ3) is 3.04. The van der Waals surface area contributed by atoms with Crippen LogP contribution in [0.5, 0.6) is 0 Å². The topological polar surface area (TPSA) is 93.6 Å². The zero-order chi connectivity index (χ0) is 14.3. The summed E-state index contributed by atoms with van der Waals surface area (Å²) in [5.74, 6) is 0.754. The second-order valence-corrected chi connectivity index (χ2v) is 5.46. The van der Waals surface area contributed by atoms with E-state index in [1.807, 2.05) is 32.3 Å². The minimum Gasteiger partial charge on any atom is -0.412 e. The second-order valence-electron chi connectivity index (χ2n) is 5.46. The Balaban J connectivity index is 0.00000161. The Morgan fingerprint density at radius 2 is 2.05 bits per heavy atom. The van der Waals surface area contributed by atoms with Crippen molar-refractivity contribution in [2.75, 3.05) is 0 Å². The highest BCUT2D eigenvalue weighted by Gasteiger charge is 2.29. The summed E-state index contributed by atoms with van der Waals surface area (Å²) >= 11 is 0. The molecule has 0 radical (unpaired) electrons. The third-order valence-electron chi connectivity index (χ3n) is 3.40. The van der Waals surface area contributed by atoms with Crippen LogP contribution in [0.25, 0.3) is 11.2 Å². The quantitative estimate of drug-likeness (QED) is 0.858. The number of hydrogen-bond donors (Lipinski definition) is 0. The third-order valence-corrected chi connectivity index (χ3v) is 3.40. The van der Waals surface area contributed by atoms with E-state index in [2.05, 4.69) is 15.0 Å². The molecule has 0 amide bonds. The first-order valence-electron chi connectivity index (χ1n) is 7.03. The standard InChI is InChI=1S/C14H20N4O2.H2O/c1-8(2)19-12-6-5-11(20-12)18-7-15-13-9(3)16-10(4)17-14(13)18;/h7-8,11-12H,5-6H2,1-4H3;1H2. The average Bonchev–Trinajstić information content (AvgIpc) is 2.94. The zero-order valence-corrected chi connectivity index (χ0v) is 12.8. The molecule has 0 spiro atoms. The molecule has 2 aromatic heterocycles. The highest BCUT2D eigenvalue weighted by atomic mass is 16.7. The van der Waals surface area contributed by atoms with E-state index in [4.69, 9.17) is 9.47 Å². The van der Waals surface area contributed by atoms with E-state index < -0.39 is 0 Å². The summed E-state index contributed by atoms with van der Waals surface area (Å²) in [4.78, 5) is 13.2. The molecule has 3 heterocycles. The lowest BCUT2D eigenvalue weighted by Crippen LogP contribution is -2.18. The van der Waals surface area contributed by atoms with E-state index in [9.17, 15) is 0 Å². The van der Waals surface area contributed by atoms with E-state index in [-0.39, 0.29) is 24.1 Å². The first kappa shape index (κ1) is 15.8. The first-order chi connectivity index (χ1) is 9.54. The van der Waals surface area contributed by atoms with Crippen LogP contribution in [-0.2, 0) is 9.47 Å². The summed E-state index contributed by atoms with van der Waals surface area (Å²) in [6, 6.07) is 0. The lowest BCUT2D eigenvalue weighted by atomic mass is 10.3. The van der Waals surface area contributed by atoms with Gasteiger partial charge >= 0.3 is 0 Å². The predicted molar refractivity (Wildman–Crippen MR) is 77.8 cm³/mol. The molecule has 7 heteroatoms. The Bertz CT molecular complexity index is 626. The van der Waals surface area contributed by atoms with Crippen molar-refractivity contribution in [1.82, 2.24) is 19.5 Å². The van der Waals surface area contributed by atoms with E-state index in [0.717, 1.165) is 35.5 Å². The van der Waals surface area contributed by atoms with Crippen molar-refractivity contribution in [3.63, 3.8) is 0 Å². The maximum atomic E-state index is 5.94. The van der Waals surface area contributed by atoms with Gasteiger partial charge in [0.2, 0.25) is 0 Å². The molecule has 2 atom stereocenters. The number of aromatic nitrogens is 4. The van der Waals surface area contributed by atoms with Gasteiger partial charge in [-0.1, -0.05) is 0 Å². The second kappa shape index (κ2) is 6.05. The van der Waals surface area contributed by atoms with Crippen molar-refractivity contribution < 1.29 is 14.9 Å². The van der Waals surface area contributed by atoms with E-state index in [0.29, 0.717) is 0 Å². The SMILES string of the molecule is Cc1nc(C)c2ncn(C3CCC(OC(C)C)O3)c2n1.O. The molecular weight excluding hydrogens is 272 g/mol. The molecule has 0 bridgehead atoms. The minimum atomic E-state index is -0.138. The van der Waals surface area contributed by atoms with Crippen molar-refractivity contribution in [2.24, 2.45) is 0 Å². The monoisotopic (exact) mass is 294 g/mol. The Kier molecular flexibility index (Phi) is 4.55. The summed E-state index contributed by atoms with van der Waals surface area (Å²) < 4.78 is 13.6. The van der Waals surface area contributed by atoms with Crippen molar-refractivity contribution in [1.29, 1.82) is 0 Å². The van der Waals surface area contributed by atoms with E-state index in [1.165, 1.54) is 0 Å². The normalized spacial score (nSPS) is 22.0. The van der Waals surface area contributed by atoms with Gasteiger partial charge in [0.15, 0.2) is 11.9 Å². The van der Waals surface area contributed by atoms with Crippen molar-refractivity contribution in [3.8, 4) is 0 Å². The van der Waals surface area contributed by atoms with Crippen LogP contribution in [0.4, 0.5) is 0 Å². The molecule has 0 saturated carbocycles. The summed E-state index contributed by atoms with van der Waals surface area (Å²) in [6.45, 7) is 7.88. The molecule has 1 saturated heterocycles. The maximum Gasteiger partial charge on any atom is 0.165 e. The lowest BCUT2D eigenvalue weighted by Gasteiger charge is -2.17. The van der Waals surface area contributed by atoms with Gasteiger partial charge in [0.25, 0.3) is 0 Å². The number of imidazole rings is 1. The molecule has 1 fully saturated rings. The van der Waals surface area contributed by atoms with E-state index >= 15 is 0 Å². The number of aryl methyl sites for hydroxylation is 2. The molecule has 2 N–H and O–H groups in total. The molecule has 7 nitrogen and oxygen atoms in total. The highest BCUT2D eigenvalue weighted by Crippen LogP contribution is 2.31. The van der Waals surface area contributed by atoms with Crippen LogP contribution in [0.2, 0.25) is 0 Å². The number of rotatable bonds is 3. The fourth-order valence-corrected chi connectivity index (χ4v) is 2.60. The number of nitrogens with zero attached hydrogens (tertiary/aromatic N) is 4. The summed E-state index contributed by atoms with van der Waals surface area (Å²) in [6.07, 6.45) is 3.56. The Hall–Kier alpha value is -1.57. The molecule has 21 heavy (non-hydrogen) atoms. The summed E-state index contributed by atoms with van der Waals surface area (Å²) in [7, 11) is 0. The molecular formula is C14H22N4O3. The van der Waals surface area contributed by atoms with Gasteiger partial charge in [0.05, 0.1) is 18.1 Å². The first-order valence-corrected chi connectivity index (χ1v) is 7.03. The highest BCUT2D eigenvalue weighted by molar-refractivity contribution is 5.73. The van der Waals surface area contributed by atoms with Gasteiger partial charge in [0, 0.05) is 6.42 Å². The largest absolute Gasteiger partial charge is 0.412 e. The van der Waals surface area contributed by atoms with Gasteiger partial charge in [-0.15, -0.1) is 0 Å². The zero-order valence-electron chi connectivity index (χ0n) is 12.8. The molecule has 0 aliphatic carbocycles. The van der Waals surface area contributed by atoms with Crippen LogP contribution in [-0.4, -0.2) is 37.4 Å². The number of hydrogen-bond acceptors (Lipinski definition) is 5. The fraction of sp³-hybridized carbons (Fsp3) is 0.643. The van der Waals surface area contributed by atoms with Gasteiger partial charge in [-0.25, -0.2) is 15.0 Å². The van der Waals surface area contributed by atoms with Gasteiger partial charge in [-0.2, -0.15) is 0 Å². The molecule has 116 valence electrons. The predicted octanol–water partition coefficient (Wildman–Crippen LogP) is 1.68. The summed E-state index contributed by atoms with van der Waals surface area (Å²) in [5, 5.41) is 0. The average molecular weight is 294 g/mol. The smallest absolute Gasteiger partial charge is 0.165 e. The van der Waals surface area contributed by atoms with Crippen LogP contribution in [0.1, 0.15) is 44.4 Å². The van der Waals surface area contributed by atoms with Crippen LogP contribution in [0, 0.1) is 13.8 Å². The Morgan fingerprint density at radius 1 is 1.29 bits per heavy atom. The van der Waals surface area contributed by atoms with Gasteiger partial charge in [-0.3, -0.25) is 4.57 Å². The van der Waals surface area contributed by atoms with Gasteiger partial charge < -0.3 is 14.9 Å². The lowest BCUT2D eigenvalue weighted by molar-refractivity contribution is -0.167. The van der Waals surface area contributed by atoms with Crippen LogP contribution < -0.4 is 0 Å². The number of fused-ring (bicyclic) bond motifs is 1. The van der Waals surface area contributed by atoms with Crippen molar-refractivity contribution in [2.45, 2.75) is 59.2 Å².